The summed E-state index contributed by atoms with van der Waals surface area (Å²) in [7, 11) is 1.62. The number of ether oxygens (including phenoxy) is 2. The molecule has 1 N–H and O–H groups in total. The summed E-state index contributed by atoms with van der Waals surface area (Å²) in [6.07, 6.45) is 4.78. The number of nitrogens with zero attached hydrogens (tertiary/aromatic N) is 3. The first-order chi connectivity index (χ1) is 14.7. The molecule has 4 atom stereocenters. The van der Waals surface area contributed by atoms with Gasteiger partial charge in [0, 0.05) is 63.2 Å². The Kier molecular flexibility index (Phi) is 7.35. The first-order valence-corrected chi connectivity index (χ1v) is 11.8. The highest BCUT2D eigenvalue weighted by Gasteiger charge is 2.51. The topological polar surface area (TPSA) is 84.0 Å². The summed E-state index contributed by atoms with van der Waals surface area (Å²) < 4.78 is 11.1. The van der Waals surface area contributed by atoms with Gasteiger partial charge in [-0.3, -0.25) is 14.5 Å². The molecule has 0 radical (unpaired) electrons. The lowest BCUT2D eigenvalue weighted by molar-refractivity contribution is -0.131. The van der Waals surface area contributed by atoms with Crippen molar-refractivity contribution in [1.29, 1.82) is 0 Å². The van der Waals surface area contributed by atoms with Gasteiger partial charge in [-0.05, 0) is 18.8 Å². The Bertz CT molecular complexity index is 710. The zero-order valence-corrected chi connectivity index (χ0v) is 18.4. The van der Waals surface area contributed by atoms with Gasteiger partial charge in [-0.2, -0.15) is 0 Å². The van der Waals surface area contributed by atoms with Gasteiger partial charge in [0.05, 0.1) is 32.3 Å². The van der Waals surface area contributed by atoms with Gasteiger partial charge in [0.15, 0.2) is 0 Å². The normalized spacial score (nSPS) is 28.8. The molecule has 1 aromatic rings. The van der Waals surface area contributed by atoms with Crippen molar-refractivity contribution in [2.24, 2.45) is 11.8 Å². The minimum Gasteiger partial charge on any atom is -0.383 e. The Labute approximate surface area is 181 Å². The SMILES string of the molecule is COCCNC(=O)C[C@@H]1OC[C@@H]2[C@H]1[C@H](CC(=O)N1CCCC1)CN2Cc1nccs1. The summed E-state index contributed by atoms with van der Waals surface area (Å²) >= 11 is 1.66. The molecule has 9 heteroatoms. The highest BCUT2D eigenvalue weighted by Crippen LogP contribution is 2.42. The predicted molar refractivity (Wildman–Crippen MR) is 113 cm³/mol. The summed E-state index contributed by atoms with van der Waals surface area (Å²) in [5, 5.41) is 5.98. The number of amides is 2. The van der Waals surface area contributed by atoms with E-state index < -0.39 is 0 Å². The Hall–Kier alpha value is -1.55. The van der Waals surface area contributed by atoms with Crippen molar-refractivity contribution < 1.29 is 19.1 Å². The van der Waals surface area contributed by atoms with Gasteiger partial charge in [-0.1, -0.05) is 0 Å². The zero-order chi connectivity index (χ0) is 20.9. The molecular formula is C21H32N4O4S. The molecule has 0 unspecified atom stereocenters. The lowest BCUT2D eigenvalue weighted by Crippen LogP contribution is -2.37. The van der Waals surface area contributed by atoms with E-state index in [1.807, 2.05) is 16.5 Å². The summed E-state index contributed by atoms with van der Waals surface area (Å²) in [6.45, 7) is 5.01. The third kappa shape index (κ3) is 5.01. The lowest BCUT2D eigenvalue weighted by Gasteiger charge is -2.24. The number of carbonyl (C=O) groups excluding carboxylic acids is 2. The maximum Gasteiger partial charge on any atom is 0.222 e. The summed E-state index contributed by atoms with van der Waals surface area (Å²) in [5.41, 5.74) is 0. The molecule has 0 spiro atoms. The van der Waals surface area contributed by atoms with Crippen molar-refractivity contribution in [3.05, 3.63) is 16.6 Å². The molecule has 3 aliphatic heterocycles. The molecule has 4 rings (SSSR count). The smallest absolute Gasteiger partial charge is 0.222 e. The second kappa shape index (κ2) is 10.2. The molecule has 0 bridgehead atoms. The number of hydrogen-bond donors (Lipinski definition) is 1. The van der Waals surface area contributed by atoms with Crippen molar-refractivity contribution in [3.63, 3.8) is 0 Å². The number of carbonyl (C=O) groups is 2. The van der Waals surface area contributed by atoms with Crippen molar-refractivity contribution in [1.82, 2.24) is 20.1 Å². The van der Waals surface area contributed by atoms with E-state index in [1.54, 1.807) is 18.4 Å². The number of rotatable bonds is 9. The maximum absolute atomic E-state index is 12.9. The first kappa shape index (κ1) is 21.7. The molecule has 8 nitrogen and oxygen atoms in total. The number of thiazole rings is 1. The highest BCUT2D eigenvalue weighted by atomic mass is 32.1. The molecule has 0 saturated carbocycles. The fraction of sp³-hybridized carbons (Fsp3) is 0.762. The van der Waals surface area contributed by atoms with Crippen molar-refractivity contribution in [3.8, 4) is 0 Å². The van der Waals surface area contributed by atoms with Gasteiger partial charge in [0.25, 0.3) is 0 Å². The second-order valence-electron chi connectivity index (χ2n) is 8.47. The fourth-order valence-corrected chi connectivity index (χ4v) is 5.81. The number of fused-ring (bicyclic) bond motifs is 1. The predicted octanol–water partition coefficient (Wildman–Crippen LogP) is 1.12. The van der Waals surface area contributed by atoms with Crippen LogP contribution in [0.15, 0.2) is 11.6 Å². The van der Waals surface area contributed by atoms with Gasteiger partial charge < -0.3 is 19.7 Å². The van der Waals surface area contributed by atoms with E-state index in [2.05, 4.69) is 15.2 Å². The summed E-state index contributed by atoms with van der Waals surface area (Å²) in [4.78, 5) is 34.1. The third-order valence-electron chi connectivity index (χ3n) is 6.57. The monoisotopic (exact) mass is 436 g/mol. The van der Waals surface area contributed by atoms with E-state index in [0.29, 0.717) is 32.6 Å². The molecule has 2 amide bonds. The standard InChI is InChI=1S/C21H32N4O4S/c1-28-8-4-22-18(26)11-17-21-15(10-20(27)24-6-2-3-7-24)12-25(16(21)14-29-17)13-19-23-5-9-30-19/h5,9,15-17,21H,2-4,6-8,10-14H2,1H3,(H,22,26)/t15-,16-,17+,21-/m1/s1. The number of aromatic nitrogens is 1. The van der Waals surface area contributed by atoms with Gasteiger partial charge in [0.1, 0.15) is 5.01 Å². The van der Waals surface area contributed by atoms with E-state index in [1.165, 1.54) is 0 Å². The van der Waals surface area contributed by atoms with Crippen LogP contribution in [0.2, 0.25) is 0 Å². The van der Waals surface area contributed by atoms with Gasteiger partial charge in [0.2, 0.25) is 11.8 Å². The van der Waals surface area contributed by atoms with Gasteiger partial charge >= 0.3 is 0 Å². The van der Waals surface area contributed by atoms with E-state index in [9.17, 15) is 9.59 Å². The molecule has 3 fully saturated rings. The minimum absolute atomic E-state index is 0.0132. The van der Waals surface area contributed by atoms with Crippen molar-refractivity contribution >= 4 is 23.2 Å². The van der Waals surface area contributed by atoms with E-state index in [4.69, 9.17) is 9.47 Å². The van der Waals surface area contributed by atoms with Crippen LogP contribution in [-0.4, -0.2) is 85.2 Å². The van der Waals surface area contributed by atoms with E-state index in [-0.39, 0.29) is 35.8 Å². The fourth-order valence-electron chi connectivity index (χ4n) is 5.17. The van der Waals surface area contributed by atoms with Crippen LogP contribution in [0.25, 0.3) is 0 Å². The molecular weight excluding hydrogens is 404 g/mol. The second-order valence-corrected chi connectivity index (χ2v) is 9.45. The molecule has 4 heterocycles. The summed E-state index contributed by atoms with van der Waals surface area (Å²) in [5.74, 6) is 0.648. The van der Waals surface area contributed by atoms with Crippen LogP contribution in [-0.2, 0) is 25.6 Å². The molecule has 0 aromatic carbocycles. The molecule has 0 aliphatic carbocycles. The average molecular weight is 437 g/mol. The zero-order valence-electron chi connectivity index (χ0n) is 17.6. The van der Waals surface area contributed by atoms with Crippen LogP contribution in [0.4, 0.5) is 0 Å². The minimum atomic E-state index is -0.143. The van der Waals surface area contributed by atoms with Crippen LogP contribution in [0.5, 0.6) is 0 Å². The van der Waals surface area contributed by atoms with Crippen LogP contribution in [0.1, 0.15) is 30.7 Å². The third-order valence-corrected chi connectivity index (χ3v) is 7.33. The Morgan fingerprint density at radius 2 is 2.17 bits per heavy atom. The largest absolute Gasteiger partial charge is 0.383 e. The van der Waals surface area contributed by atoms with Crippen LogP contribution in [0, 0.1) is 11.8 Å². The van der Waals surface area contributed by atoms with Gasteiger partial charge in [-0.15, -0.1) is 11.3 Å². The number of nitrogens with one attached hydrogen (secondary N) is 1. The molecule has 3 aliphatic rings. The number of hydrogen-bond acceptors (Lipinski definition) is 7. The Morgan fingerprint density at radius 3 is 2.90 bits per heavy atom. The molecule has 1 aromatic heterocycles. The molecule has 30 heavy (non-hydrogen) atoms. The van der Waals surface area contributed by atoms with Crippen LogP contribution >= 0.6 is 11.3 Å². The van der Waals surface area contributed by atoms with Gasteiger partial charge in [-0.25, -0.2) is 4.98 Å². The van der Waals surface area contributed by atoms with Crippen LogP contribution < -0.4 is 5.32 Å². The molecule has 166 valence electrons. The number of likely N-dealkylation sites (tertiary alicyclic amines) is 2. The van der Waals surface area contributed by atoms with E-state index in [0.717, 1.165) is 44.0 Å². The highest BCUT2D eigenvalue weighted by molar-refractivity contribution is 7.09. The maximum atomic E-state index is 12.9. The van der Waals surface area contributed by atoms with Crippen LogP contribution in [0.3, 0.4) is 0 Å². The average Bonchev–Trinajstić information content (AvgIpc) is 3.50. The number of methoxy groups -OCH3 is 1. The Morgan fingerprint density at radius 1 is 1.33 bits per heavy atom. The quantitative estimate of drug-likeness (QED) is 0.584. The first-order valence-electron chi connectivity index (χ1n) is 10.9. The van der Waals surface area contributed by atoms with Crippen molar-refractivity contribution in [2.75, 3.05) is 46.5 Å². The lowest BCUT2D eigenvalue weighted by atomic mass is 9.84. The summed E-state index contributed by atoms with van der Waals surface area (Å²) in [6, 6.07) is 0.238. The molecule has 3 saturated heterocycles. The Balaban J connectivity index is 1.42. The van der Waals surface area contributed by atoms with E-state index >= 15 is 0 Å². The van der Waals surface area contributed by atoms with Crippen molar-refractivity contribution in [2.45, 2.75) is 44.4 Å².